The number of para-hydroxylation sites is 2. The molecule has 0 aliphatic heterocycles. The maximum absolute atomic E-state index is 6.50. The first-order valence-electron chi connectivity index (χ1n) is 11.6. The molecule has 160 valence electrons. The van der Waals surface area contributed by atoms with Gasteiger partial charge in [0.1, 0.15) is 11.2 Å². The highest BCUT2D eigenvalue weighted by molar-refractivity contribution is 6.06. The Morgan fingerprint density at radius 2 is 1.52 bits per heavy atom. The van der Waals surface area contributed by atoms with Crippen molar-refractivity contribution in [3.05, 3.63) is 131 Å². The van der Waals surface area contributed by atoms with Gasteiger partial charge in [0, 0.05) is 21.8 Å². The Morgan fingerprint density at radius 1 is 0.818 bits per heavy atom. The molecule has 0 amide bonds. The molecule has 1 nitrogen and oxygen atoms in total. The summed E-state index contributed by atoms with van der Waals surface area (Å²) in [6.07, 6.45) is 5.16. The van der Waals surface area contributed by atoms with Crippen molar-refractivity contribution in [2.45, 2.75) is 25.7 Å². The highest BCUT2D eigenvalue weighted by atomic mass is 16.3. The number of hydrogen-bond donors (Lipinski definition) is 0. The van der Waals surface area contributed by atoms with Crippen molar-refractivity contribution >= 4 is 21.9 Å². The number of hydrogen-bond acceptors (Lipinski definition) is 1. The Bertz CT molecular complexity index is 1580. The van der Waals surface area contributed by atoms with Gasteiger partial charge in [0.2, 0.25) is 0 Å². The van der Waals surface area contributed by atoms with Crippen LogP contribution in [-0.4, -0.2) is 0 Å². The molecule has 1 atom stereocenters. The first kappa shape index (κ1) is 19.8. The molecule has 1 unspecified atom stereocenters. The first-order valence-corrected chi connectivity index (χ1v) is 11.6. The number of benzene rings is 4. The maximum atomic E-state index is 6.50. The lowest BCUT2D eigenvalue weighted by Gasteiger charge is -2.34. The fourth-order valence-corrected chi connectivity index (χ4v) is 5.63. The van der Waals surface area contributed by atoms with Gasteiger partial charge in [0.05, 0.1) is 0 Å². The quantitative estimate of drug-likeness (QED) is 0.257. The van der Waals surface area contributed by atoms with Gasteiger partial charge in [0.15, 0.2) is 0 Å². The Kier molecular flexibility index (Phi) is 4.41. The van der Waals surface area contributed by atoms with E-state index in [2.05, 4.69) is 105 Å². The summed E-state index contributed by atoms with van der Waals surface area (Å²) in [7, 11) is 0. The molecule has 0 saturated carbocycles. The minimum Gasteiger partial charge on any atom is -0.456 e. The largest absolute Gasteiger partial charge is 0.456 e. The topological polar surface area (TPSA) is 13.1 Å². The minimum absolute atomic E-state index is 0.437. The van der Waals surface area contributed by atoms with Gasteiger partial charge < -0.3 is 4.42 Å². The van der Waals surface area contributed by atoms with Gasteiger partial charge in [-0.3, -0.25) is 0 Å². The lowest BCUT2D eigenvalue weighted by Crippen LogP contribution is -2.27. The third-order valence-corrected chi connectivity index (χ3v) is 7.34. The summed E-state index contributed by atoms with van der Waals surface area (Å²) in [5.74, 6) is 0. The third-order valence-electron chi connectivity index (χ3n) is 7.34. The standard InChI is InChI=1S/C32H26O/c1-4-11-21(2)32(3,28-17-9-15-24-23-13-6-5-12-22(23)20-27(24)28)29-18-10-16-26-25-14-7-8-19-30(25)33-31(26)29/h4-19H,2,20H2,1,3H3/b11-4-. The second-order valence-corrected chi connectivity index (χ2v) is 9.10. The molecule has 6 rings (SSSR count). The van der Waals surface area contributed by atoms with Gasteiger partial charge in [-0.2, -0.15) is 0 Å². The summed E-state index contributed by atoms with van der Waals surface area (Å²) in [5, 5.41) is 2.30. The van der Waals surface area contributed by atoms with Crippen molar-refractivity contribution in [2.75, 3.05) is 0 Å². The zero-order valence-electron chi connectivity index (χ0n) is 19.1. The Labute approximate surface area is 194 Å². The summed E-state index contributed by atoms with van der Waals surface area (Å²) in [6.45, 7) is 8.93. The summed E-state index contributed by atoms with van der Waals surface area (Å²) >= 11 is 0. The molecule has 33 heavy (non-hydrogen) atoms. The van der Waals surface area contributed by atoms with Crippen LogP contribution in [0.5, 0.6) is 0 Å². The molecule has 0 fully saturated rings. The van der Waals surface area contributed by atoms with Crippen molar-refractivity contribution in [3.63, 3.8) is 0 Å². The average Bonchev–Trinajstić information content (AvgIpc) is 3.42. The number of fused-ring (bicyclic) bond motifs is 6. The van der Waals surface area contributed by atoms with E-state index in [1.165, 1.54) is 27.8 Å². The van der Waals surface area contributed by atoms with Gasteiger partial charge in [-0.15, -0.1) is 0 Å². The molecule has 4 aromatic carbocycles. The molecule has 1 aliphatic rings. The fourth-order valence-electron chi connectivity index (χ4n) is 5.63. The van der Waals surface area contributed by atoms with Crippen molar-refractivity contribution in [2.24, 2.45) is 0 Å². The summed E-state index contributed by atoms with van der Waals surface area (Å²) < 4.78 is 6.50. The highest BCUT2D eigenvalue weighted by Crippen LogP contribution is 2.49. The van der Waals surface area contributed by atoms with E-state index in [1.54, 1.807) is 0 Å². The Hall–Kier alpha value is -3.84. The van der Waals surface area contributed by atoms with Crippen LogP contribution in [0.15, 0.2) is 114 Å². The summed E-state index contributed by atoms with van der Waals surface area (Å²) in [6, 6.07) is 30.3. The smallest absolute Gasteiger partial charge is 0.139 e. The lowest BCUT2D eigenvalue weighted by atomic mass is 9.68. The van der Waals surface area contributed by atoms with Crippen molar-refractivity contribution in [3.8, 4) is 11.1 Å². The van der Waals surface area contributed by atoms with Gasteiger partial charge in [-0.05, 0) is 59.7 Å². The summed E-state index contributed by atoms with van der Waals surface area (Å²) in [5.41, 5.74) is 10.4. The van der Waals surface area contributed by atoms with E-state index < -0.39 is 5.41 Å². The predicted octanol–water partition coefficient (Wildman–Crippen LogP) is 8.60. The normalized spacial score (nSPS) is 14.5. The van der Waals surface area contributed by atoms with Crippen LogP contribution >= 0.6 is 0 Å². The van der Waals surface area contributed by atoms with Gasteiger partial charge in [-0.1, -0.05) is 97.6 Å². The number of allylic oxidation sites excluding steroid dienone is 3. The molecule has 0 spiro atoms. The van der Waals surface area contributed by atoms with E-state index in [-0.39, 0.29) is 0 Å². The van der Waals surface area contributed by atoms with Gasteiger partial charge in [0.25, 0.3) is 0 Å². The number of rotatable bonds is 4. The van der Waals surface area contributed by atoms with E-state index in [9.17, 15) is 0 Å². The third kappa shape index (κ3) is 2.79. The van der Waals surface area contributed by atoms with E-state index >= 15 is 0 Å². The average molecular weight is 427 g/mol. The van der Waals surface area contributed by atoms with E-state index in [0.717, 1.165) is 39.5 Å². The molecule has 1 heterocycles. The Morgan fingerprint density at radius 3 is 2.39 bits per heavy atom. The highest BCUT2D eigenvalue weighted by Gasteiger charge is 2.37. The molecular formula is C32H26O. The van der Waals surface area contributed by atoms with Crippen LogP contribution in [0, 0.1) is 0 Å². The van der Waals surface area contributed by atoms with Crippen LogP contribution in [-0.2, 0) is 11.8 Å². The van der Waals surface area contributed by atoms with Crippen LogP contribution < -0.4 is 0 Å². The molecule has 0 radical (unpaired) electrons. The summed E-state index contributed by atoms with van der Waals surface area (Å²) in [4.78, 5) is 0. The van der Waals surface area contributed by atoms with E-state index in [1.807, 2.05) is 12.1 Å². The molecule has 5 aromatic rings. The minimum atomic E-state index is -0.437. The van der Waals surface area contributed by atoms with Crippen LogP contribution in [0.3, 0.4) is 0 Å². The molecule has 0 bridgehead atoms. The monoisotopic (exact) mass is 426 g/mol. The van der Waals surface area contributed by atoms with Crippen LogP contribution in [0.1, 0.15) is 36.1 Å². The molecule has 0 saturated heterocycles. The van der Waals surface area contributed by atoms with Crippen LogP contribution in [0.25, 0.3) is 33.1 Å². The van der Waals surface area contributed by atoms with Crippen molar-refractivity contribution in [1.82, 2.24) is 0 Å². The zero-order chi connectivity index (χ0) is 22.6. The van der Waals surface area contributed by atoms with Gasteiger partial charge in [-0.25, -0.2) is 0 Å². The lowest BCUT2D eigenvalue weighted by molar-refractivity contribution is 0.630. The van der Waals surface area contributed by atoms with E-state index in [4.69, 9.17) is 4.42 Å². The predicted molar refractivity (Wildman–Crippen MR) is 139 cm³/mol. The second kappa shape index (κ2) is 7.35. The molecule has 1 heteroatoms. The van der Waals surface area contributed by atoms with Crippen LogP contribution in [0.4, 0.5) is 0 Å². The zero-order valence-corrected chi connectivity index (χ0v) is 19.1. The van der Waals surface area contributed by atoms with E-state index in [0.29, 0.717) is 0 Å². The second-order valence-electron chi connectivity index (χ2n) is 9.10. The van der Waals surface area contributed by atoms with Crippen molar-refractivity contribution < 1.29 is 4.42 Å². The number of furan rings is 1. The fraction of sp³-hybridized carbons (Fsp3) is 0.125. The van der Waals surface area contributed by atoms with Crippen LogP contribution in [0.2, 0.25) is 0 Å². The molecular weight excluding hydrogens is 400 g/mol. The molecule has 1 aromatic heterocycles. The SMILES string of the molecule is C=C(/C=C\C)C(C)(c1cccc2c1Cc1ccccc1-2)c1cccc2c1oc1ccccc12. The maximum Gasteiger partial charge on any atom is 0.139 e. The molecule has 1 aliphatic carbocycles. The van der Waals surface area contributed by atoms with Crippen molar-refractivity contribution in [1.29, 1.82) is 0 Å². The first-order chi connectivity index (χ1) is 16.1. The Balaban J connectivity index is 1.67. The van der Waals surface area contributed by atoms with Gasteiger partial charge >= 0.3 is 0 Å². The molecule has 0 N–H and O–H groups in total.